The largest absolute Gasteiger partial charge is 0.488 e. The number of halogens is 2. The number of ether oxygens (including phenoxy) is 1. The van der Waals surface area contributed by atoms with E-state index in [9.17, 15) is 9.18 Å². The maximum Gasteiger partial charge on any atom is 0.153 e. The average molecular weight is 309 g/mol. The second-order valence-corrected chi connectivity index (χ2v) is 4.60. The number of hydrogen-bond acceptors (Lipinski definition) is 2. The predicted octanol–water partition coefficient (Wildman–Crippen LogP) is 3.98. The summed E-state index contributed by atoms with van der Waals surface area (Å²) in [5.74, 6) is 0.114. The summed E-state index contributed by atoms with van der Waals surface area (Å²) in [5, 5.41) is 0. The molecule has 0 saturated heterocycles. The van der Waals surface area contributed by atoms with Crippen molar-refractivity contribution in [1.29, 1.82) is 0 Å². The molecule has 0 aliphatic carbocycles. The highest BCUT2D eigenvalue weighted by Gasteiger charge is 2.06. The summed E-state index contributed by atoms with van der Waals surface area (Å²) in [6.45, 7) is 0.0873. The van der Waals surface area contributed by atoms with E-state index in [1.54, 1.807) is 36.4 Å². The van der Waals surface area contributed by atoms with Gasteiger partial charge in [0, 0.05) is 10.0 Å². The number of hydrogen-bond donors (Lipinski definition) is 0. The van der Waals surface area contributed by atoms with Crippen LogP contribution in [0.4, 0.5) is 4.39 Å². The molecule has 0 amide bonds. The minimum absolute atomic E-state index is 0.0873. The molecule has 2 aromatic carbocycles. The van der Waals surface area contributed by atoms with E-state index in [4.69, 9.17) is 4.74 Å². The molecule has 0 unspecified atom stereocenters. The number of benzene rings is 2. The summed E-state index contributed by atoms with van der Waals surface area (Å²) in [6, 6.07) is 11.6. The summed E-state index contributed by atoms with van der Waals surface area (Å²) >= 11 is 3.19. The summed E-state index contributed by atoms with van der Waals surface area (Å²) in [5.41, 5.74) is 0.897. The Kier molecular flexibility index (Phi) is 4.10. The predicted molar refractivity (Wildman–Crippen MR) is 70.3 cm³/mol. The van der Waals surface area contributed by atoms with Crippen LogP contribution in [0.15, 0.2) is 46.9 Å². The lowest BCUT2D eigenvalue weighted by atomic mass is 10.2. The molecule has 0 heterocycles. The highest BCUT2D eigenvalue weighted by Crippen LogP contribution is 2.20. The van der Waals surface area contributed by atoms with Gasteiger partial charge >= 0.3 is 0 Å². The Morgan fingerprint density at radius 2 is 2.00 bits per heavy atom. The van der Waals surface area contributed by atoms with Gasteiger partial charge in [0.05, 0.1) is 5.56 Å². The zero-order valence-electron chi connectivity index (χ0n) is 9.40. The van der Waals surface area contributed by atoms with Gasteiger partial charge in [-0.05, 0) is 24.3 Å². The van der Waals surface area contributed by atoms with Crippen molar-refractivity contribution in [2.75, 3.05) is 0 Å². The standard InChI is InChI=1S/C14H10BrFO2/c15-12-6-5-11(13(16)7-12)9-18-14-4-2-1-3-10(14)8-17/h1-8H,9H2. The molecule has 4 heteroatoms. The Bertz CT molecular complexity index is 569. The molecule has 0 fully saturated rings. The van der Waals surface area contributed by atoms with Crippen LogP contribution in [0.2, 0.25) is 0 Å². The van der Waals surface area contributed by atoms with Crippen LogP contribution in [0, 0.1) is 5.82 Å². The SMILES string of the molecule is O=Cc1ccccc1OCc1ccc(Br)cc1F. The topological polar surface area (TPSA) is 26.3 Å². The van der Waals surface area contributed by atoms with E-state index >= 15 is 0 Å². The molecule has 0 bridgehead atoms. The van der Waals surface area contributed by atoms with Crippen LogP contribution in [-0.4, -0.2) is 6.29 Å². The highest BCUT2D eigenvalue weighted by molar-refractivity contribution is 9.10. The van der Waals surface area contributed by atoms with Crippen LogP contribution in [0.5, 0.6) is 5.75 Å². The number of rotatable bonds is 4. The lowest BCUT2D eigenvalue weighted by Crippen LogP contribution is -2.00. The van der Waals surface area contributed by atoms with Crippen molar-refractivity contribution in [3.8, 4) is 5.75 Å². The van der Waals surface area contributed by atoms with Crippen LogP contribution in [-0.2, 0) is 6.61 Å². The van der Waals surface area contributed by atoms with Crippen molar-refractivity contribution in [2.24, 2.45) is 0 Å². The Hall–Kier alpha value is -1.68. The second-order valence-electron chi connectivity index (χ2n) is 3.68. The quantitative estimate of drug-likeness (QED) is 0.799. The van der Waals surface area contributed by atoms with Crippen molar-refractivity contribution in [2.45, 2.75) is 6.61 Å². The molecule has 0 aromatic heterocycles. The van der Waals surface area contributed by atoms with E-state index in [1.165, 1.54) is 6.07 Å². The van der Waals surface area contributed by atoms with Gasteiger partial charge in [0.25, 0.3) is 0 Å². The van der Waals surface area contributed by atoms with E-state index < -0.39 is 0 Å². The Morgan fingerprint density at radius 3 is 2.72 bits per heavy atom. The monoisotopic (exact) mass is 308 g/mol. The highest BCUT2D eigenvalue weighted by atomic mass is 79.9. The van der Waals surface area contributed by atoms with Crippen molar-refractivity contribution in [1.82, 2.24) is 0 Å². The average Bonchev–Trinajstić information content (AvgIpc) is 2.38. The maximum absolute atomic E-state index is 13.6. The molecule has 92 valence electrons. The van der Waals surface area contributed by atoms with Crippen molar-refractivity contribution in [3.63, 3.8) is 0 Å². The number of carbonyl (C=O) groups excluding carboxylic acids is 1. The molecule has 18 heavy (non-hydrogen) atoms. The molecule has 0 aliphatic rings. The summed E-state index contributed by atoms with van der Waals surface area (Å²) in [6.07, 6.45) is 0.716. The fourth-order valence-electron chi connectivity index (χ4n) is 1.50. The maximum atomic E-state index is 13.6. The summed E-state index contributed by atoms with van der Waals surface area (Å²) in [4.78, 5) is 10.8. The Balaban J connectivity index is 2.14. The molecule has 0 saturated carbocycles. The fourth-order valence-corrected chi connectivity index (χ4v) is 1.84. The van der Waals surface area contributed by atoms with E-state index in [0.29, 0.717) is 27.6 Å². The molecule has 2 rings (SSSR count). The molecular formula is C14H10BrFO2. The van der Waals surface area contributed by atoms with Gasteiger partial charge in [-0.2, -0.15) is 0 Å². The van der Waals surface area contributed by atoms with Gasteiger partial charge < -0.3 is 4.74 Å². The van der Waals surface area contributed by atoms with Crippen molar-refractivity contribution < 1.29 is 13.9 Å². The van der Waals surface area contributed by atoms with E-state index in [2.05, 4.69) is 15.9 Å². The summed E-state index contributed by atoms with van der Waals surface area (Å²) in [7, 11) is 0. The van der Waals surface area contributed by atoms with Crippen LogP contribution in [0.3, 0.4) is 0 Å². The minimum Gasteiger partial charge on any atom is -0.488 e. The molecular weight excluding hydrogens is 299 g/mol. The van der Waals surface area contributed by atoms with Crippen LogP contribution >= 0.6 is 15.9 Å². The summed E-state index contributed by atoms with van der Waals surface area (Å²) < 4.78 is 19.7. The smallest absolute Gasteiger partial charge is 0.153 e. The molecule has 2 nitrogen and oxygen atoms in total. The van der Waals surface area contributed by atoms with Gasteiger partial charge in [0.15, 0.2) is 6.29 Å². The fraction of sp³-hybridized carbons (Fsp3) is 0.0714. The third kappa shape index (κ3) is 2.96. The third-order valence-corrected chi connectivity index (χ3v) is 2.94. The van der Waals surface area contributed by atoms with Crippen LogP contribution < -0.4 is 4.74 Å². The van der Waals surface area contributed by atoms with E-state index in [0.717, 1.165) is 0 Å². The minimum atomic E-state index is -0.340. The molecule has 0 aliphatic heterocycles. The van der Waals surface area contributed by atoms with Crippen LogP contribution in [0.25, 0.3) is 0 Å². The number of carbonyl (C=O) groups is 1. The number of para-hydroxylation sites is 1. The molecule has 2 aromatic rings. The van der Waals surface area contributed by atoms with Gasteiger partial charge in [0.2, 0.25) is 0 Å². The van der Waals surface area contributed by atoms with Crippen LogP contribution in [0.1, 0.15) is 15.9 Å². The van der Waals surface area contributed by atoms with E-state index in [1.807, 2.05) is 0 Å². The zero-order valence-corrected chi connectivity index (χ0v) is 11.0. The lowest BCUT2D eigenvalue weighted by molar-refractivity contribution is 0.111. The van der Waals surface area contributed by atoms with E-state index in [-0.39, 0.29) is 12.4 Å². The van der Waals surface area contributed by atoms with Crippen molar-refractivity contribution in [3.05, 3.63) is 63.9 Å². The first kappa shape index (κ1) is 12.8. The van der Waals surface area contributed by atoms with Gasteiger partial charge in [-0.15, -0.1) is 0 Å². The second kappa shape index (κ2) is 5.78. The zero-order chi connectivity index (χ0) is 13.0. The first-order valence-corrected chi connectivity index (χ1v) is 6.11. The molecule has 0 N–H and O–H groups in total. The molecule has 0 spiro atoms. The lowest BCUT2D eigenvalue weighted by Gasteiger charge is -2.09. The molecule has 0 atom stereocenters. The third-order valence-electron chi connectivity index (χ3n) is 2.44. The number of aldehydes is 1. The van der Waals surface area contributed by atoms with Gasteiger partial charge in [0.1, 0.15) is 18.2 Å². The van der Waals surface area contributed by atoms with Crippen molar-refractivity contribution >= 4 is 22.2 Å². The normalized spacial score (nSPS) is 10.1. The Labute approximate surface area is 113 Å². The first-order valence-electron chi connectivity index (χ1n) is 5.31. The Morgan fingerprint density at radius 1 is 1.22 bits per heavy atom. The van der Waals surface area contributed by atoms with Gasteiger partial charge in [-0.1, -0.05) is 34.1 Å². The van der Waals surface area contributed by atoms with Gasteiger partial charge in [-0.3, -0.25) is 4.79 Å². The molecule has 0 radical (unpaired) electrons. The first-order chi connectivity index (χ1) is 8.70. The van der Waals surface area contributed by atoms with Gasteiger partial charge in [-0.25, -0.2) is 4.39 Å².